The zero-order valence-corrected chi connectivity index (χ0v) is 18.7. The molecular weight excluding hydrogens is 412 g/mol. The summed E-state index contributed by atoms with van der Waals surface area (Å²) in [5, 5.41) is 14.4. The summed E-state index contributed by atoms with van der Waals surface area (Å²) in [4.78, 5) is 16.6. The van der Waals surface area contributed by atoms with Gasteiger partial charge in [-0.1, -0.05) is 26.0 Å². The average Bonchev–Trinajstić information content (AvgIpc) is 3.23. The maximum absolute atomic E-state index is 11.6. The molecule has 1 amide bonds. The van der Waals surface area contributed by atoms with Crippen LogP contribution < -0.4 is 16.0 Å². The number of fused-ring (bicyclic) bond motifs is 1. The Labute approximate surface area is 187 Å². The van der Waals surface area contributed by atoms with Gasteiger partial charge in [-0.05, 0) is 49.5 Å². The highest BCUT2D eigenvalue weighted by Gasteiger charge is 2.20. The SMILES string of the molecule is CC(C)c1cnn2c(NCc3cccc(NC(=O)CCl)c3)cc(C3CCNCC3)nc12. The average molecular weight is 441 g/mol. The summed E-state index contributed by atoms with van der Waals surface area (Å²) in [6.45, 7) is 6.99. The van der Waals surface area contributed by atoms with Gasteiger partial charge >= 0.3 is 0 Å². The highest BCUT2D eigenvalue weighted by molar-refractivity contribution is 6.29. The Kier molecular flexibility index (Phi) is 6.73. The van der Waals surface area contributed by atoms with Crippen molar-refractivity contribution in [3.8, 4) is 0 Å². The highest BCUT2D eigenvalue weighted by atomic mass is 35.5. The number of benzene rings is 1. The van der Waals surface area contributed by atoms with Gasteiger partial charge < -0.3 is 16.0 Å². The summed E-state index contributed by atoms with van der Waals surface area (Å²) in [6, 6.07) is 9.90. The molecule has 3 aromatic rings. The second-order valence-electron chi connectivity index (χ2n) is 8.32. The fourth-order valence-electron chi connectivity index (χ4n) is 4.00. The number of amides is 1. The zero-order valence-electron chi connectivity index (χ0n) is 18.0. The minimum Gasteiger partial charge on any atom is -0.366 e. The highest BCUT2D eigenvalue weighted by Crippen LogP contribution is 2.29. The third-order valence-corrected chi connectivity index (χ3v) is 5.95. The molecule has 2 aromatic heterocycles. The fourth-order valence-corrected chi connectivity index (χ4v) is 4.07. The number of hydrogen-bond donors (Lipinski definition) is 3. The van der Waals surface area contributed by atoms with Crippen molar-refractivity contribution in [1.82, 2.24) is 19.9 Å². The van der Waals surface area contributed by atoms with Crippen LogP contribution in [0.3, 0.4) is 0 Å². The van der Waals surface area contributed by atoms with E-state index in [0.29, 0.717) is 18.4 Å². The van der Waals surface area contributed by atoms with E-state index in [1.165, 1.54) is 0 Å². The van der Waals surface area contributed by atoms with Gasteiger partial charge in [0, 0.05) is 35.5 Å². The van der Waals surface area contributed by atoms with Crippen LogP contribution in [0.15, 0.2) is 36.5 Å². The lowest BCUT2D eigenvalue weighted by Crippen LogP contribution is -2.27. The van der Waals surface area contributed by atoms with Crippen molar-refractivity contribution < 1.29 is 4.79 Å². The summed E-state index contributed by atoms with van der Waals surface area (Å²) in [7, 11) is 0. The van der Waals surface area contributed by atoms with Crippen LogP contribution in [0.5, 0.6) is 0 Å². The first-order chi connectivity index (χ1) is 15.0. The second-order valence-corrected chi connectivity index (χ2v) is 8.58. The molecule has 0 aliphatic carbocycles. The maximum Gasteiger partial charge on any atom is 0.239 e. The van der Waals surface area contributed by atoms with Gasteiger partial charge in [0.2, 0.25) is 5.91 Å². The van der Waals surface area contributed by atoms with Crippen molar-refractivity contribution >= 4 is 34.7 Å². The lowest BCUT2D eigenvalue weighted by Gasteiger charge is -2.23. The Balaban J connectivity index is 1.62. The first kappa shape index (κ1) is 21.6. The van der Waals surface area contributed by atoms with Crippen LogP contribution >= 0.6 is 11.6 Å². The molecule has 0 bridgehead atoms. The monoisotopic (exact) mass is 440 g/mol. The Morgan fingerprint density at radius 3 is 2.84 bits per heavy atom. The number of hydrogen-bond acceptors (Lipinski definition) is 5. The van der Waals surface area contributed by atoms with E-state index in [2.05, 4.69) is 41.0 Å². The molecule has 0 atom stereocenters. The summed E-state index contributed by atoms with van der Waals surface area (Å²) < 4.78 is 1.90. The number of halogens is 1. The second kappa shape index (κ2) is 9.66. The van der Waals surface area contributed by atoms with Gasteiger partial charge in [0.05, 0.1) is 6.20 Å². The maximum atomic E-state index is 11.6. The topological polar surface area (TPSA) is 83.3 Å². The van der Waals surface area contributed by atoms with E-state index in [1.54, 1.807) is 0 Å². The van der Waals surface area contributed by atoms with Gasteiger partial charge in [-0.2, -0.15) is 9.61 Å². The van der Waals surface area contributed by atoms with E-state index in [0.717, 1.165) is 59.9 Å². The summed E-state index contributed by atoms with van der Waals surface area (Å²) in [5.74, 6) is 1.46. The van der Waals surface area contributed by atoms with Gasteiger partial charge in [-0.25, -0.2) is 4.98 Å². The van der Waals surface area contributed by atoms with Gasteiger partial charge in [0.15, 0.2) is 5.65 Å². The van der Waals surface area contributed by atoms with Gasteiger partial charge in [-0.3, -0.25) is 4.79 Å². The first-order valence-electron chi connectivity index (χ1n) is 10.8. The summed E-state index contributed by atoms with van der Waals surface area (Å²) >= 11 is 5.60. The Bertz CT molecular complexity index is 1060. The number of carbonyl (C=O) groups excluding carboxylic acids is 1. The largest absolute Gasteiger partial charge is 0.366 e. The van der Waals surface area contributed by atoms with Crippen molar-refractivity contribution in [1.29, 1.82) is 0 Å². The molecular formula is C23H29ClN6O. The smallest absolute Gasteiger partial charge is 0.239 e. The molecule has 4 rings (SSSR count). The number of nitrogens with one attached hydrogen (secondary N) is 3. The van der Waals surface area contributed by atoms with Crippen LogP contribution in [0.4, 0.5) is 11.5 Å². The predicted molar refractivity (Wildman–Crippen MR) is 125 cm³/mol. The van der Waals surface area contributed by atoms with Crippen LogP contribution in [-0.2, 0) is 11.3 Å². The molecule has 1 saturated heterocycles. The van der Waals surface area contributed by atoms with Gasteiger partial charge in [0.25, 0.3) is 0 Å². The molecule has 1 aliphatic rings. The Morgan fingerprint density at radius 1 is 1.29 bits per heavy atom. The zero-order chi connectivity index (χ0) is 21.8. The molecule has 31 heavy (non-hydrogen) atoms. The molecule has 164 valence electrons. The number of anilines is 2. The van der Waals surface area contributed by atoms with E-state index in [1.807, 2.05) is 35.0 Å². The standard InChI is InChI=1S/C23H29ClN6O/c1-15(2)19-14-27-30-21(11-20(29-23(19)30)17-6-8-25-9-7-17)26-13-16-4-3-5-18(10-16)28-22(31)12-24/h3-5,10-11,14-15,17,25-26H,6-9,12-13H2,1-2H3,(H,28,31). The molecule has 0 saturated carbocycles. The molecule has 8 heteroatoms. The Hall–Kier alpha value is -2.64. The minimum absolute atomic E-state index is 0.0611. The van der Waals surface area contributed by atoms with E-state index >= 15 is 0 Å². The molecule has 3 heterocycles. The number of rotatable bonds is 7. The molecule has 1 aromatic carbocycles. The van der Waals surface area contributed by atoms with Crippen LogP contribution in [0.2, 0.25) is 0 Å². The quantitative estimate of drug-likeness (QED) is 0.481. The van der Waals surface area contributed by atoms with E-state index in [9.17, 15) is 4.79 Å². The predicted octanol–water partition coefficient (Wildman–Crippen LogP) is 4.11. The lowest BCUT2D eigenvalue weighted by atomic mass is 9.94. The third-order valence-electron chi connectivity index (χ3n) is 5.70. The van der Waals surface area contributed by atoms with E-state index in [-0.39, 0.29) is 11.8 Å². The van der Waals surface area contributed by atoms with Gasteiger partial charge in [0.1, 0.15) is 11.7 Å². The number of alkyl halides is 1. The molecule has 7 nitrogen and oxygen atoms in total. The van der Waals surface area contributed by atoms with E-state index < -0.39 is 0 Å². The van der Waals surface area contributed by atoms with Crippen LogP contribution in [0, 0.1) is 0 Å². The minimum atomic E-state index is -0.216. The summed E-state index contributed by atoms with van der Waals surface area (Å²) in [6.07, 6.45) is 4.11. The number of nitrogens with zero attached hydrogens (tertiary/aromatic N) is 3. The number of carbonyl (C=O) groups is 1. The van der Waals surface area contributed by atoms with Crippen molar-refractivity contribution in [3.63, 3.8) is 0 Å². The van der Waals surface area contributed by atoms with E-state index in [4.69, 9.17) is 16.6 Å². The fraction of sp³-hybridized carbons (Fsp3) is 0.435. The summed E-state index contributed by atoms with van der Waals surface area (Å²) in [5.41, 5.74) is 5.00. The van der Waals surface area contributed by atoms with Crippen molar-refractivity contribution in [2.75, 3.05) is 29.6 Å². The third kappa shape index (κ3) is 4.99. The molecule has 0 spiro atoms. The molecule has 3 N–H and O–H groups in total. The van der Waals surface area contributed by atoms with Crippen molar-refractivity contribution in [2.24, 2.45) is 0 Å². The van der Waals surface area contributed by atoms with Gasteiger partial charge in [-0.15, -0.1) is 11.6 Å². The molecule has 0 radical (unpaired) electrons. The molecule has 1 aliphatic heterocycles. The normalized spacial score (nSPS) is 14.8. The molecule has 1 fully saturated rings. The van der Waals surface area contributed by atoms with Crippen LogP contribution in [0.25, 0.3) is 5.65 Å². The van der Waals surface area contributed by atoms with Crippen molar-refractivity contribution in [2.45, 2.75) is 45.1 Å². The number of aromatic nitrogens is 3. The Morgan fingerprint density at radius 2 is 2.10 bits per heavy atom. The molecule has 0 unspecified atom stereocenters. The van der Waals surface area contributed by atoms with Crippen molar-refractivity contribution in [3.05, 3.63) is 53.3 Å². The number of piperidine rings is 1. The lowest BCUT2D eigenvalue weighted by molar-refractivity contribution is -0.113. The van der Waals surface area contributed by atoms with Crippen LogP contribution in [-0.4, -0.2) is 39.5 Å². The first-order valence-corrected chi connectivity index (χ1v) is 11.4. The van der Waals surface area contributed by atoms with Crippen LogP contribution in [0.1, 0.15) is 55.3 Å².